The molecule has 1 atom stereocenters. The van der Waals surface area contributed by atoms with Gasteiger partial charge in [-0.2, -0.15) is 26.3 Å². The summed E-state index contributed by atoms with van der Waals surface area (Å²) in [5.74, 6) is -15.9. The van der Waals surface area contributed by atoms with Gasteiger partial charge in [-0.15, -0.1) is 6.58 Å². The van der Waals surface area contributed by atoms with Crippen molar-refractivity contribution in [2.24, 2.45) is 0 Å². The van der Waals surface area contributed by atoms with E-state index >= 15 is 0 Å². The Bertz CT molecular complexity index is 287. The Morgan fingerprint density at radius 2 is 1.40 bits per heavy atom. The highest BCUT2D eigenvalue weighted by Gasteiger charge is 2.89. The van der Waals surface area contributed by atoms with E-state index in [1.807, 2.05) is 0 Å². The minimum Gasteiger partial charge on any atom is -0.271 e. The Morgan fingerprint density at radius 3 is 1.67 bits per heavy atom. The molecule has 0 N–H and O–H groups in total. The predicted octanol–water partition coefficient (Wildman–Crippen LogP) is 3.12. The van der Waals surface area contributed by atoms with Gasteiger partial charge in [0.15, 0.2) is 0 Å². The molecule has 1 unspecified atom stereocenters. The molecule has 0 spiro atoms. The summed E-state index contributed by atoms with van der Waals surface area (Å²) in [7, 11) is 0. The molecule has 8 heteroatoms. The van der Waals surface area contributed by atoms with E-state index in [0.717, 1.165) is 0 Å². The summed E-state index contributed by atoms with van der Waals surface area (Å²) >= 11 is 0. The van der Waals surface area contributed by atoms with Gasteiger partial charge in [0.1, 0.15) is 0 Å². The van der Waals surface area contributed by atoms with E-state index in [0.29, 0.717) is 6.08 Å². The van der Waals surface area contributed by atoms with Gasteiger partial charge in [0.2, 0.25) is 0 Å². The molecule has 0 saturated carbocycles. The molecule has 0 aromatic heterocycles. The summed E-state index contributed by atoms with van der Waals surface area (Å²) < 4.78 is 90.7. The minimum absolute atomic E-state index is 0.450. The van der Waals surface area contributed by atoms with Gasteiger partial charge in [-0.1, -0.05) is 6.08 Å². The van der Waals surface area contributed by atoms with Crippen LogP contribution in [-0.4, -0.2) is 23.8 Å². The third-order valence-corrected chi connectivity index (χ3v) is 1.93. The molecule has 0 aromatic carbocycles. The summed E-state index contributed by atoms with van der Waals surface area (Å²) in [6.07, 6.45) is -6.56. The van der Waals surface area contributed by atoms with Crippen LogP contribution in [0.3, 0.4) is 0 Å². The SMILES string of the molecule is C=CCC1(F)OC(F)(F)C(F)(F)C1(F)F. The molecular formula is C7H5F7O. The van der Waals surface area contributed by atoms with Crippen molar-refractivity contribution in [3.63, 3.8) is 0 Å². The molecule has 0 radical (unpaired) electrons. The fourth-order valence-electron chi connectivity index (χ4n) is 1.10. The maximum absolute atomic E-state index is 13.1. The first kappa shape index (κ1) is 12.3. The second-order valence-corrected chi connectivity index (χ2v) is 2.99. The van der Waals surface area contributed by atoms with Crippen LogP contribution in [0.4, 0.5) is 30.7 Å². The number of halogens is 7. The highest BCUT2D eigenvalue weighted by molar-refractivity contribution is 5.09. The number of hydrogen-bond acceptors (Lipinski definition) is 1. The van der Waals surface area contributed by atoms with Crippen molar-refractivity contribution >= 4 is 0 Å². The molecule has 1 aliphatic rings. The third kappa shape index (κ3) is 1.27. The molecule has 1 saturated heterocycles. The fraction of sp³-hybridized carbons (Fsp3) is 0.714. The molecule has 1 aliphatic heterocycles. The normalized spacial score (nSPS) is 36.5. The number of hydrogen-bond donors (Lipinski definition) is 0. The van der Waals surface area contributed by atoms with E-state index in [1.54, 1.807) is 0 Å². The van der Waals surface area contributed by atoms with Gasteiger partial charge in [0.25, 0.3) is 5.85 Å². The van der Waals surface area contributed by atoms with Gasteiger partial charge in [0.05, 0.1) is 0 Å². The summed E-state index contributed by atoms with van der Waals surface area (Å²) in [4.78, 5) is 0. The van der Waals surface area contributed by atoms with E-state index in [2.05, 4.69) is 11.3 Å². The van der Waals surface area contributed by atoms with Gasteiger partial charge < -0.3 is 0 Å². The first-order valence-electron chi connectivity index (χ1n) is 3.65. The van der Waals surface area contributed by atoms with Crippen molar-refractivity contribution < 1.29 is 35.5 Å². The quantitative estimate of drug-likeness (QED) is 0.530. The zero-order valence-corrected chi connectivity index (χ0v) is 7.05. The Morgan fingerprint density at radius 1 is 0.933 bits per heavy atom. The van der Waals surface area contributed by atoms with Gasteiger partial charge in [-0.3, -0.25) is 4.74 Å². The number of alkyl halides is 7. The van der Waals surface area contributed by atoms with Crippen LogP contribution in [-0.2, 0) is 4.74 Å². The topological polar surface area (TPSA) is 9.23 Å². The highest BCUT2D eigenvalue weighted by atomic mass is 19.4. The second kappa shape index (κ2) is 2.87. The lowest BCUT2D eigenvalue weighted by Gasteiger charge is -2.24. The summed E-state index contributed by atoms with van der Waals surface area (Å²) in [6, 6.07) is 0. The molecule has 1 rings (SSSR count). The summed E-state index contributed by atoms with van der Waals surface area (Å²) in [6.45, 7) is 2.79. The average Bonchev–Trinajstić information content (AvgIpc) is 2.09. The molecular weight excluding hydrogens is 233 g/mol. The standard InChI is InChI=1S/C7H5F7O/c1-2-3-4(8)5(9,10)6(11,12)7(13,14)15-4/h2H,1,3H2. The first-order chi connectivity index (χ1) is 6.52. The van der Waals surface area contributed by atoms with Crippen molar-refractivity contribution in [3.8, 4) is 0 Å². The maximum Gasteiger partial charge on any atom is 0.428 e. The van der Waals surface area contributed by atoms with Gasteiger partial charge >= 0.3 is 18.0 Å². The van der Waals surface area contributed by atoms with Crippen LogP contribution in [0.25, 0.3) is 0 Å². The molecule has 15 heavy (non-hydrogen) atoms. The molecule has 88 valence electrons. The minimum atomic E-state index is -5.89. The van der Waals surface area contributed by atoms with Gasteiger partial charge in [-0.05, 0) is 0 Å². The molecule has 0 aromatic rings. The van der Waals surface area contributed by atoms with E-state index < -0.39 is 30.2 Å². The van der Waals surface area contributed by atoms with Crippen molar-refractivity contribution in [2.75, 3.05) is 0 Å². The van der Waals surface area contributed by atoms with Crippen LogP contribution in [0.5, 0.6) is 0 Å². The van der Waals surface area contributed by atoms with Crippen LogP contribution >= 0.6 is 0 Å². The van der Waals surface area contributed by atoms with Crippen LogP contribution in [0.2, 0.25) is 0 Å². The van der Waals surface area contributed by atoms with Crippen molar-refractivity contribution in [3.05, 3.63) is 12.7 Å². The molecule has 1 nitrogen and oxygen atoms in total. The van der Waals surface area contributed by atoms with Crippen LogP contribution in [0.1, 0.15) is 6.42 Å². The van der Waals surface area contributed by atoms with Crippen molar-refractivity contribution in [2.45, 2.75) is 30.2 Å². The zero-order chi connectivity index (χ0) is 12.1. The van der Waals surface area contributed by atoms with E-state index in [9.17, 15) is 30.7 Å². The fourth-order valence-corrected chi connectivity index (χ4v) is 1.10. The molecule has 0 aliphatic carbocycles. The number of rotatable bonds is 2. The highest BCUT2D eigenvalue weighted by Crippen LogP contribution is 2.61. The van der Waals surface area contributed by atoms with Gasteiger partial charge in [-0.25, -0.2) is 4.39 Å². The van der Waals surface area contributed by atoms with E-state index in [1.165, 1.54) is 0 Å². The molecule has 0 bridgehead atoms. The predicted molar refractivity (Wildman–Crippen MR) is 34.6 cm³/mol. The lowest BCUT2D eigenvalue weighted by atomic mass is 10.0. The van der Waals surface area contributed by atoms with E-state index in [-0.39, 0.29) is 0 Å². The van der Waals surface area contributed by atoms with Crippen molar-refractivity contribution in [1.82, 2.24) is 0 Å². The van der Waals surface area contributed by atoms with Crippen LogP contribution in [0.15, 0.2) is 12.7 Å². The van der Waals surface area contributed by atoms with E-state index in [4.69, 9.17) is 0 Å². The second-order valence-electron chi connectivity index (χ2n) is 2.99. The third-order valence-electron chi connectivity index (χ3n) is 1.93. The molecule has 1 fully saturated rings. The first-order valence-corrected chi connectivity index (χ1v) is 3.65. The van der Waals surface area contributed by atoms with Gasteiger partial charge in [0, 0.05) is 6.42 Å². The zero-order valence-electron chi connectivity index (χ0n) is 7.05. The monoisotopic (exact) mass is 238 g/mol. The summed E-state index contributed by atoms with van der Waals surface area (Å²) in [5.41, 5.74) is 0. The Labute approximate surface area is 79.5 Å². The van der Waals surface area contributed by atoms with Crippen LogP contribution < -0.4 is 0 Å². The van der Waals surface area contributed by atoms with Crippen molar-refractivity contribution in [1.29, 1.82) is 0 Å². The van der Waals surface area contributed by atoms with Crippen LogP contribution in [0, 0.1) is 0 Å². The maximum atomic E-state index is 13.1. The lowest BCUT2D eigenvalue weighted by molar-refractivity contribution is -0.337. The Balaban J connectivity index is 3.24. The largest absolute Gasteiger partial charge is 0.428 e. The Hall–Kier alpha value is -0.790. The molecule has 1 heterocycles. The lowest BCUT2D eigenvalue weighted by Crippen LogP contribution is -2.52. The summed E-state index contributed by atoms with van der Waals surface area (Å²) in [5, 5.41) is 0. The average molecular weight is 238 g/mol. The molecule has 0 amide bonds. The smallest absolute Gasteiger partial charge is 0.271 e. The number of ether oxygens (including phenoxy) is 1. The Kier molecular flexibility index (Phi) is 2.35.